The van der Waals surface area contributed by atoms with E-state index in [4.69, 9.17) is 10.4 Å². The Morgan fingerprint density at radius 1 is 1.50 bits per heavy atom. The van der Waals surface area contributed by atoms with E-state index in [1.165, 1.54) is 6.07 Å². The van der Waals surface area contributed by atoms with Gasteiger partial charge in [0.15, 0.2) is 11.5 Å². The van der Waals surface area contributed by atoms with Crippen LogP contribution in [0.2, 0.25) is 0 Å². The van der Waals surface area contributed by atoms with Gasteiger partial charge in [-0.25, -0.2) is 4.98 Å². The van der Waals surface area contributed by atoms with Crippen molar-refractivity contribution in [3.8, 4) is 17.6 Å². The van der Waals surface area contributed by atoms with Gasteiger partial charge in [0.25, 0.3) is 0 Å². The highest BCUT2D eigenvalue weighted by Crippen LogP contribution is 2.30. The van der Waals surface area contributed by atoms with E-state index in [-0.39, 0.29) is 5.69 Å². The highest BCUT2D eigenvalue weighted by Gasteiger charge is 2.32. The molecular weight excluding hydrogens is 201 g/mol. The van der Waals surface area contributed by atoms with Gasteiger partial charge in [0.05, 0.1) is 6.20 Å². The number of aromatic nitrogens is 1. The van der Waals surface area contributed by atoms with Crippen molar-refractivity contribution in [2.75, 3.05) is 0 Å². The predicted molar refractivity (Wildman–Crippen MR) is 37.3 cm³/mol. The van der Waals surface area contributed by atoms with Crippen LogP contribution < -0.4 is 4.74 Å². The molecule has 0 fully saturated rings. The van der Waals surface area contributed by atoms with Crippen LogP contribution in [0.5, 0.6) is 11.5 Å². The lowest BCUT2D eigenvalue weighted by Crippen LogP contribution is -2.17. The quantitative estimate of drug-likeness (QED) is 0.753. The molecule has 0 radical (unpaired) electrons. The molecule has 1 aromatic rings. The number of aromatic hydroxyl groups is 1. The summed E-state index contributed by atoms with van der Waals surface area (Å²) >= 11 is 0. The predicted octanol–water partition coefficient (Wildman–Crippen LogP) is 1.56. The van der Waals surface area contributed by atoms with Crippen LogP contribution in [0.1, 0.15) is 5.69 Å². The van der Waals surface area contributed by atoms with Crippen LogP contribution >= 0.6 is 0 Å². The number of alkyl halides is 3. The second-order valence-corrected chi connectivity index (χ2v) is 2.20. The summed E-state index contributed by atoms with van der Waals surface area (Å²) in [6.07, 6.45) is -4.20. The lowest BCUT2D eigenvalue weighted by Gasteiger charge is -2.09. The number of rotatable bonds is 1. The van der Waals surface area contributed by atoms with E-state index in [1.54, 1.807) is 0 Å². The van der Waals surface area contributed by atoms with Crippen LogP contribution in [0.15, 0.2) is 12.3 Å². The van der Waals surface area contributed by atoms with E-state index in [0.717, 1.165) is 0 Å². The van der Waals surface area contributed by atoms with Gasteiger partial charge < -0.3 is 9.84 Å². The molecule has 0 saturated heterocycles. The van der Waals surface area contributed by atoms with Crippen molar-refractivity contribution in [1.82, 2.24) is 4.98 Å². The van der Waals surface area contributed by atoms with Crippen molar-refractivity contribution >= 4 is 0 Å². The van der Waals surface area contributed by atoms with Crippen LogP contribution in [0.3, 0.4) is 0 Å². The van der Waals surface area contributed by atoms with Crippen molar-refractivity contribution in [2.45, 2.75) is 6.36 Å². The maximum Gasteiger partial charge on any atom is 0.573 e. The number of hydrogen-bond donors (Lipinski definition) is 1. The fourth-order valence-corrected chi connectivity index (χ4v) is 0.697. The lowest BCUT2D eigenvalue weighted by molar-refractivity contribution is -0.275. The van der Waals surface area contributed by atoms with Crippen LogP contribution in [0.25, 0.3) is 0 Å². The molecule has 1 aromatic heterocycles. The zero-order valence-corrected chi connectivity index (χ0v) is 6.54. The number of nitrogens with zero attached hydrogens (tertiary/aromatic N) is 2. The first-order valence-electron chi connectivity index (χ1n) is 3.27. The third-order valence-electron chi connectivity index (χ3n) is 1.19. The molecule has 0 aliphatic rings. The van der Waals surface area contributed by atoms with Crippen molar-refractivity contribution in [1.29, 1.82) is 5.26 Å². The summed E-state index contributed by atoms with van der Waals surface area (Å²) in [6, 6.07) is 2.21. The molecule has 0 unspecified atom stereocenters. The van der Waals surface area contributed by atoms with Crippen molar-refractivity contribution in [3.63, 3.8) is 0 Å². The minimum absolute atomic E-state index is 0.276. The molecule has 0 aromatic carbocycles. The molecule has 0 aliphatic carbocycles. The second kappa shape index (κ2) is 3.41. The summed E-state index contributed by atoms with van der Waals surface area (Å²) in [6.45, 7) is 0. The number of ether oxygens (including phenoxy) is 1. The summed E-state index contributed by atoms with van der Waals surface area (Å²) in [5.74, 6) is -1.62. The normalized spacial score (nSPS) is 10.7. The topological polar surface area (TPSA) is 66.1 Å². The second-order valence-electron chi connectivity index (χ2n) is 2.20. The van der Waals surface area contributed by atoms with E-state index in [0.29, 0.717) is 12.3 Å². The van der Waals surface area contributed by atoms with Crippen LogP contribution in [-0.4, -0.2) is 16.5 Å². The van der Waals surface area contributed by atoms with Crippen LogP contribution in [0.4, 0.5) is 13.2 Å². The van der Waals surface area contributed by atoms with E-state index < -0.39 is 17.9 Å². The minimum atomic E-state index is -4.91. The average molecular weight is 204 g/mol. The van der Waals surface area contributed by atoms with Crippen LogP contribution in [0, 0.1) is 11.3 Å². The Morgan fingerprint density at radius 2 is 2.14 bits per heavy atom. The number of pyridine rings is 1. The molecule has 0 saturated carbocycles. The third kappa shape index (κ3) is 2.52. The molecule has 1 N–H and O–H groups in total. The molecule has 1 rings (SSSR count). The van der Waals surface area contributed by atoms with Crippen molar-refractivity contribution in [3.05, 3.63) is 18.0 Å². The first-order chi connectivity index (χ1) is 6.42. The summed E-state index contributed by atoms with van der Waals surface area (Å²) in [7, 11) is 0. The zero-order chi connectivity index (χ0) is 10.8. The van der Waals surface area contributed by atoms with E-state index in [2.05, 4.69) is 9.72 Å². The summed E-state index contributed by atoms with van der Waals surface area (Å²) in [4.78, 5) is 3.33. The SMILES string of the molecule is N#Cc1cc(OC(F)(F)F)c(O)cn1. The molecule has 4 nitrogen and oxygen atoms in total. The summed E-state index contributed by atoms with van der Waals surface area (Å²) in [5, 5.41) is 17.2. The fraction of sp³-hybridized carbons (Fsp3) is 0.143. The van der Waals surface area contributed by atoms with Gasteiger partial charge in [0, 0.05) is 6.07 Å². The molecule has 0 atom stereocenters. The van der Waals surface area contributed by atoms with Gasteiger partial charge in [-0.2, -0.15) is 5.26 Å². The Bertz CT molecular complexity index is 384. The van der Waals surface area contributed by atoms with Gasteiger partial charge in [0.1, 0.15) is 11.8 Å². The Hall–Kier alpha value is -1.97. The molecule has 74 valence electrons. The van der Waals surface area contributed by atoms with Gasteiger partial charge in [-0.3, -0.25) is 0 Å². The van der Waals surface area contributed by atoms with Crippen molar-refractivity contribution < 1.29 is 23.0 Å². The van der Waals surface area contributed by atoms with Crippen molar-refractivity contribution in [2.24, 2.45) is 0 Å². The lowest BCUT2D eigenvalue weighted by atomic mass is 10.3. The molecule has 1 heterocycles. The average Bonchev–Trinajstić information content (AvgIpc) is 2.06. The Labute approximate surface area is 76.2 Å². The van der Waals surface area contributed by atoms with Gasteiger partial charge >= 0.3 is 6.36 Å². The zero-order valence-electron chi connectivity index (χ0n) is 6.54. The molecule has 0 amide bonds. The number of hydrogen-bond acceptors (Lipinski definition) is 4. The standard InChI is InChI=1S/C7H3F3N2O2/c8-7(9,10)14-6-1-4(2-11)12-3-5(6)13/h1,3,13H. The molecule has 0 spiro atoms. The van der Waals surface area contributed by atoms with E-state index in [9.17, 15) is 13.2 Å². The number of halogens is 3. The summed E-state index contributed by atoms with van der Waals surface area (Å²) < 4.78 is 38.6. The first-order valence-corrected chi connectivity index (χ1v) is 3.27. The van der Waals surface area contributed by atoms with E-state index >= 15 is 0 Å². The van der Waals surface area contributed by atoms with E-state index in [1.807, 2.05) is 0 Å². The molecular formula is C7H3F3N2O2. The third-order valence-corrected chi connectivity index (χ3v) is 1.19. The molecule has 0 bridgehead atoms. The Balaban J connectivity index is 3.03. The maximum absolute atomic E-state index is 11.7. The highest BCUT2D eigenvalue weighted by atomic mass is 19.4. The molecule has 0 aliphatic heterocycles. The van der Waals surface area contributed by atoms with Gasteiger partial charge in [-0.05, 0) is 0 Å². The number of nitriles is 1. The Morgan fingerprint density at radius 3 is 2.64 bits per heavy atom. The fourth-order valence-electron chi connectivity index (χ4n) is 0.697. The molecule has 14 heavy (non-hydrogen) atoms. The smallest absolute Gasteiger partial charge is 0.503 e. The van der Waals surface area contributed by atoms with Crippen LogP contribution in [-0.2, 0) is 0 Å². The van der Waals surface area contributed by atoms with Gasteiger partial charge in [-0.15, -0.1) is 13.2 Å². The molecule has 7 heteroatoms. The maximum atomic E-state index is 11.7. The Kier molecular flexibility index (Phi) is 2.47. The first kappa shape index (κ1) is 10.1. The summed E-state index contributed by atoms with van der Waals surface area (Å²) in [5.41, 5.74) is -0.276. The minimum Gasteiger partial charge on any atom is -0.503 e. The highest BCUT2D eigenvalue weighted by molar-refractivity contribution is 5.40. The van der Waals surface area contributed by atoms with Gasteiger partial charge in [-0.1, -0.05) is 0 Å². The van der Waals surface area contributed by atoms with Gasteiger partial charge in [0.2, 0.25) is 0 Å². The monoisotopic (exact) mass is 204 g/mol. The largest absolute Gasteiger partial charge is 0.573 e.